The molecular formula is C9H6ClNO3. The number of hydrogen-bond donors (Lipinski definition) is 0. The van der Waals surface area contributed by atoms with Crippen LogP contribution in [0.2, 0.25) is 5.02 Å². The number of nitrogens with zero attached hydrogens (tertiary/aromatic N) is 1. The van der Waals surface area contributed by atoms with Crippen LogP contribution in [0.1, 0.15) is 5.56 Å². The SMILES string of the molecule is Cc1c([N+](=O)[O-])oc2cc(Cl)ccc12. The minimum atomic E-state index is -0.538. The van der Waals surface area contributed by atoms with Gasteiger partial charge in [0.1, 0.15) is 10.5 Å². The highest BCUT2D eigenvalue weighted by molar-refractivity contribution is 6.31. The molecule has 2 rings (SSSR count). The number of halogens is 1. The Morgan fingerprint density at radius 1 is 1.50 bits per heavy atom. The van der Waals surface area contributed by atoms with Crippen molar-refractivity contribution in [1.82, 2.24) is 0 Å². The fourth-order valence-corrected chi connectivity index (χ4v) is 1.52. The summed E-state index contributed by atoms with van der Waals surface area (Å²) < 4.78 is 5.06. The van der Waals surface area contributed by atoms with Crippen molar-refractivity contribution in [2.45, 2.75) is 6.92 Å². The number of aryl methyl sites for hydroxylation is 1. The third-order valence-corrected chi connectivity index (χ3v) is 2.28. The van der Waals surface area contributed by atoms with Gasteiger partial charge in [0.2, 0.25) is 0 Å². The lowest BCUT2D eigenvalue weighted by molar-refractivity contribution is -0.402. The normalized spacial score (nSPS) is 10.7. The Balaban J connectivity index is 2.79. The first kappa shape index (κ1) is 9.02. The standard InChI is InChI=1S/C9H6ClNO3/c1-5-7-3-2-6(10)4-8(7)14-9(5)11(12)13/h2-4H,1H3. The topological polar surface area (TPSA) is 56.3 Å². The van der Waals surface area contributed by atoms with Crippen LogP contribution in [-0.2, 0) is 0 Å². The highest BCUT2D eigenvalue weighted by Crippen LogP contribution is 2.31. The molecule has 0 amide bonds. The maximum Gasteiger partial charge on any atom is 0.437 e. The number of nitro groups is 1. The van der Waals surface area contributed by atoms with E-state index in [1.54, 1.807) is 25.1 Å². The molecular weight excluding hydrogens is 206 g/mol. The molecule has 0 saturated heterocycles. The molecule has 1 aromatic heterocycles. The maximum absolute atomic E-state index is 10.6. The molecule has 0 bridgehead atoms. The van der Waals surface area contributed by atoms with E-state index in [0.29, 0.717) is 16.2 Å². The van der Waals surface area contributed by atoms with Crippen molar-refractivity contribution < 1.29 is 9.34 Å². The molecule has 0 aliphatic rings. The van der Waals surface area contributed by atoms with Gasteiger partial charge in [0.25, 0.3) is 0 Å². The van der Waals surface area contributed by atoms with E-state index in [1.807, 2.05) is 0 Å². The summed E-state index contributed by atoms with van der Waals surface area (Å²) in [6, 6.07) is 4.95. The average molecular weight is 212 g/mol. The van der Waals surface area contributed by atoms with Gasteiger partial charge < -0.3 is 4.42 Å². The smallest absolute Gasteiger partial charge is 0.400 e. The summed E-state index contributed by atoms with van der Waals surface area (Å²) >= 11 is 5.73. The molecule has 14 heavy (non-hydrogen) atoms. The molecule has 1 aromatic carbocycles. The van der Waals surface area contributed by atoms with Crippen molar-refractivity contribution in [3.8, 4) is 0 Å². The van der Waals surface area contributed by atoms with Gasteiger partial charge in [0.15, 0.2) is 0 Å². The van der Waals surface area contributed by atoms with Crippen LogP contribution in [0.3, 0.4) is 0 Å². The predicted molar refractivity (Wildman–Crippen MR) is 52.6 cm³/mol. The van der Waals surface area contributed by atoms with Gasteiger partial charge in [0, 0.05) is 16.5 Å². The van der Waals surface area contributed by atoms with Crippen molar-refractivity contribution in [3.63, 3.8) is 0 Å². The Bertz CT molecular complexity index is 518. The highest BCUT2D eigenvalue weighted by atomic mass is 35.5. The molecule has 0 unspecified atom stereocenters. The van der Waals surface area contributed by atoms with Crippen LogP contribution in [0.5, 0.6) is 0 Å². The van der Waals surface area contributed by atoms with Crippen molar-refractivity contribution >= 4 is 28.5 Å². The summed E-state index contributed by atoms with van der Waals surface area (Å²) in [7, 11) is 0. The van der Waals surface area contributed by atoms with E-state index in [2.05, 4.69) is 0 Å². The average Bonchev–Trinajstić information content (AvgIpc) is 2.43. The molecule has 5 heteroatoms. The quantitative estimate of drug-likeness (QED) is 0.537. The van der Waals surface area contributed by atoms with E-state index < -0.39 is 4.92 Å². The monoisotopic (exact) mass is 211 g/mol. The number of hydrogen-bond acceptors (Lipinski definition) is 3. The molecule has 72 valence electrons. The minimum absolute atomic E-state index is 0.220. The number of benzene rings is 1. The van der Waals surface area contributed by atoms with Crippen LogP contribution in [-0.4, -0.2) is 4.92 Å². The number of furan rings is 1. The van der Waals surface area contributed by atoms with E-state index in [0.717, 1.165) is 5.39 Å². The third-order valence-electron chi connectivity index (χ3n) is 2.04. The second-order valence-electron chi connectivity index (χ2n) is 2.93. The van der Waals surface area contributed by atoms with E-state index in [1.165, 1.54) is 0 Å². The van der Waals surface area contributed by atoms with Gasteiger partial charge in [-0.15, -0.1) is 0 Å². The molecule has 0 saturated carbocycles. The summed E-state index contributed by atoms with van der Waals surface area (Å²) in [5, 5.41) is 11.8. The first-order chi connectivity index (χ1) is 6.59. The highest BCUT2D eigenvalue weighted by Gasteiger charge is 2.19. The molecule has 0 spiro atoms. The Kier molecular flexibility index (Phi) is 1.93. The molecule has 0 N–H and O–H groups in total. The third kappa shape index (κ3) is 1.24. The second-order valence-corrected chi connectivity index (χ2v) is 3.37. The van der Waals surface area contributed by atoms with Gasteiger partial charge in [-0.3, -0.25) is 10.1 Å². The zero-order valence-corrected chi connectivity index (χ0v) is 8.04. The van der Waals surface area contributed by atoms with Crippen LogP contribution in [0.15, 0.2) is 22.6 Å². The van der Waals surface area contributed by atoms with E-state index in [4.69, 9.17) is 16.0 Å². The second kappa shape index (κ2) is 2.99. The van der Waals surface area contributed by atoms with Crippen LogP contribution in [0, 0.1) is 17.0 Å². The lowest BCUT2D eigenvalue weighted by atomic mass is 10.2. The molecule has 2 aromatic rings. The van der Waals surface area contributed by atoms with Gasteiger partial charge in [-0.05, 0) is 19.1 Å². The fraction of sp³-hybridized carbons (Fsp3) is 0.111. The molecule has 4 nitrogen and oxygen atoms in total. The van der Waals surface area contributed by atoms with Gasteiger partial charge in [0.05, 0.1) is 5.56 Å². The lowest BCUT2D eigenvalue weighted by Crippen LogP contribution is -1.86. The van der Waals surface area contributed by atoms with E-state index in [9.17, 15) is 10.1 Å². The number of fused-ring (bicyclic) bond motifs is 1. The molecule has 0 atom stereocenters. The molecule has 0 radical (unpaired) electrons. The maximum atomic E-state index is 10.6. The Morgan fingerprint density at radius 2 is 2.21 bits per heavy atom. The van der Waals surface area contributed by atoms with Gasteiger partial charge in [-0.25, -0.2) is 0 Å². The van der Waals surface area contributed by atoms with Gasteiger partial charge >= 0.3 is 5.88 Å². The zero-order chi connectivity index (χ0) is 10.3. The van der Waals surface area contributed by atoms with Gasteiger partial charge in [-0.1, -0.05) is 11.6 Å². The van der Waals surface area contributed by atoms with Crippen LogP contribution < -0.4 is 0 Å². The fourth-order valence-electron chi connectivity index (χ4n) is 1.36. The van der Waals surface area contributed by atoms with E-state index >= 15 is 0 Å². The zero-order valence-electron chi connectivity index (χ0n) is 7.28. The molecule has 0 fully saturated rings. The van der Waals surface area contributed by atoms with Crippen molar-refractivity contribution in [3.05, 3.63) is 38.9 Å². The summed E-state index contributed by atoms with van der Waals surface area (Å²) in [5.74, 6) is -0.220. The predicted octanol–water partition coefficient (Wildman–Crippen LogP) is 3.30. The largest absolute Gasteiger partial charge is 0.437 e. The Labute approximate surface area is 84.2 Å². The summed E-state index contributed by atoms with van der Waals surface area (Å²) in [6.45, 7) is 1.65. The summed E-state index contributed by atoms with van der Waals surface area (Å²) in [4.78, 5) is 10.0. The lowest BCUT2D eigenvalue weighted by Gasteiger charge is -1.88. The van der Waals surface area contributed by atoms with Crippen molar-refractivity contribution in [1.29, 1.82) is 0 Å². The van der Waals surface area contributed by atoms with Crippen LogP contribution >= 0.6 is 11.6 Å². The first-order valence-corrected chi connectivity index (χ1v) is 4.30. The first-order valence-electron chi connectivity index (χ1n) is 3.92. The minimum Gasteiger partial charge on any atom is -0.400 e. The molecule has 1 heterocycles. The van der Waals surface area contributed by atoms with E-state index in [-0.39, 0.29) is 5.88 Å². The summed E-state index contributed by atoms with van der Waals surface area (Å²) in [5.41, 5.74) is 0.975. The molecule has 0 aliphatic carbocycles. The van der Waals surface area contributed by atoms with Gasteiger partial charge in [-0.2, -0.15) is 0 Å². The Hall–Kier alpha value is -1.55. The van der Waals surface area contributed by atoms with Crippen LogP contribution in [0.4, 0.5) is 5.88 Å². The van der Waals surface area contributed by atoms with Crippen LogP contribution in [0.25, 0.3) is 11.0 Å². The number of rotatable bonds is 1. The Morgan fingerprint density at radius 3 is 2.86 bits per heavy atom. The van der Waals surface area contributed by atoms with Crippen molar-refractivity contribution in [2.75, 3.05) is 0 Å². The molecule has 0 aliphatic heterocycles. The van der Waals surface area contributed by atoms with Crippen molar-refractivity contribution in [2.24, 2.45) is 0 Å². The summed E-state index contributed by atoms with van der Waals surface area (Å²) in [6.07, 6.45) is 0.